The summed E-state index contributed by atoms with van der Waals surface area (Å²) in [6, 6.07) is 1.72. The molecule has 0 aromatic rings. The molecule has 0 saturated carbocycles. The Balaban J connectivity index is 2.64. The quantitative estimate of drug-likeness (QED) is 0.502. The number of nitriles is 1. The van der Waals surface area contributed by atoms with Gasteiger partial charge in [0.1, 0.15) is 0 Å². The van der Waals surface area contributed by atoms with E-state index in [2.05, 4.69) is 0 Å². The maximum atomic E-state index is 10.5. The summed E-state index contributed by atoms with van der Waals surface area (Å²) in [6.45, 7) is 0.304. The molecule has 5 heteroatoms. The van der Waals surface area contributed by atoms with Crippen LogP contribution in [0, 0.1) is 11.3 Å². The van der Waals surface area contributed by atoms with Crippen LogP contribution in [0.3, 0.4) is 0 Å². The number of carboxylic acid groups (broad SMARTS) is 1. The Kier molecular flexibility index (Phi) is 2.20. The predicted molar refractivity (Wildman–Crippen MR) is 39.4 cm³/mol. The number of piperidine rings is 1. The summed E-state index contributed by atoms with van der Waals surface area (Å²) in [6.07, 6.45) is -0.188. The van der Waals surface area contributed by atoms with Gasteiger partial charge in [0.05, 0.1) is 12.6 Å². The van der Waals surface area contributed by atoms with Crippen LogP contribution in [0.4, 0.5) is 4.79 Å². The molecule has 1 amide bonds. The maximum absolute atomic E-state index is 10.5. The predicted octanol–water partition coefficient (Wildman–Crippen LogP) is 0.0149. The number of rotatable bonds is 0. The number of β-amino-alcohol motifs (C(OH)–C–C–N with tert-alkyl or cyclic N) is 1. The molecule has 1 aliphatic rings. The molecule has 0 radical (unpaired) electrons. The molecular formula is C7H10N2O3. The van der Waals surface area contributed by atoms with Gasteiger partial charge >= 0.3 is 6.09 Å². The second-order valence-corrected chi connectivity index (χ2v) is 2.95. The van der Waals surface area contributed by atoms with Gasteiger partial charge in [0.25, 0.3) is 0 Å². The molecule has 0 aromatic heterocycles. The average Bonchev–Trinajstić information content (AvgIpc) is 2.05. The van der Waals surface area contributed by atoms with Gasteiger partial charge in [-0.1, -0.05) is 0 Å². The first kappa shape index (κ1) is 8.81. The number of aliphatic hydroxyl groups is 1. The van der Waals surface area contributed by atoms with E-state index in [4.69, 9.17) is 10.4 Å². The van der Waals surface area contributed by atoms with Crippen LogP contribution in [0.5, 0.6) is 0 Å². The molecule has 0 bridgehead atoms. The van der Waals surface area contributed by atoms with Crippen LogP contribution in [0.15, 0.2) is 0 Å². The summed E-state index contributed by atoms with van der Waals surface area (Å²) in [7, 11) is 0. The summed E-state index contributed by atoms with van der Waals surface area (Å²) in [5, 5.41) is 26.5. The second kappa shape index (κ2) is 2.99. The molecule has 5 nitrogen and oxygen atoms in total. The van der Waals surface area contributed by atoms with E-state index < -0.39 is 11.7 Å². The van der Waals surface area contributed by atoms with Crippen molar-refractivity contribution in [1.29, 1.82) is 5.26 Å². The molecule has 0 aliphatic carbocycles. The smallest absolute Gasteiger partial charge is 0.407 e. The van der Waals surface area contributed by atoms with Crippen LogP contribution in [-0.4, -0.2) is 39.9 Å². The van der Waals surface area contributed by atoms with E-state index >= 15 is 0 Å². The summed E-state index contributed by atoms with van der Waals surface area (Å²) < 4.78 is 0. The van der Waals surface area contributed by atoms with Gasteiger partial charge in [-0.2, -0.15) is 5.26 Å². The fourth-order valence-corrected chi connectivity index (χ4v) is 1.29. The molecule has 1 fully saturated rings. The third kappa shape index (κ3) is 1.66. The van der Waals surface area contributed by atoms with Gasteiger partial charge in [-0.05, 0) is 12.8 Å². The molecule has 12 heavy (non-hydrogen) atoms. The van der Waals surface area contributed by atoms with Crippen LogP contribution in [0.25, 0.3) is 0 Å². The van der Waals surface area contributed by atoms with Crippen molar-refractivity contribution >= 4 is 6.09 Å². The third-order valence-electron chi connectivity index (χ3n) is 1.95. The monoisotopic (exact) mass is 170 g/mol. The maximum Gasteiger partial charge on any atom is 0.407 e. The molecule has 1 aliphatic heterocycles. The SMILES string of the molecule is N#CC1(O)CCCN(C(=O)O)C1. The second-order valence-electron chi connectivity index (χ2n) is 2.95. The van der Waals surface area contributed by atoms with Crippen LogP contribution in [-0.2, 0) is 0 Å². The standard InChI is InChI=1S/C7H10N2O3/c8-4-7(12)2-1-3-9(5-7)6(10)11/h12H,1-3,5H2,(H,10,11). The number of carbonyl (C=O) groups is 1. The van der Waals surface area contributed by atoms with Crippen molar-refractivity contribution in [3.8, 4) is 6.07 Å². The molecule has 66 valence electrons. The van der Waals surface area contributed by atoms with E-state index in [1.54, 1.807) is 6.07 Å². The molecule has 1 atom stereocenters. The van der Waals surface area contributed by atoms with Gasteiger partial charge in [-0.25, -0.2) is 4.79 Å². The van der Waals surface area contributed by atoms with Crippen molar-refractivity contribution in [2.24, 2.45) is 0 Å². The average molecular weight is 170 g/mol. The molecule has 1 rings (SSSR count). The Hall–Kier alpha value is -1.28. The van der Waals surface area contributed by atoms with Crippen LogP contribution in [0.1, 0.15) is 12.8 Å². The molecule has 0 spiro atoms. The highest BCUT2D eigenvalue weighted by atomic mass is 16.4. The molecule has 1 heterocycles. The Morgan fingerprint density at radius 1 is 1.67 bits per heavy atom. The first-order valence-corrected chi connectivity index (χ1v) is 3.69. The lowest BCUT2D eigenvalue weighted by Crippen LogP contribution is -2.49. The topological polar surface area (TPSA) is 84.6 Å². The summed E-state index contributed by atoms with van der Waals surface area (Å²) in [5.74, 6) is 0. The van der Waals surface area contributed by atoms with Gasteiger partial charge in [0, 0.05) is 6.54 Å². The van der Waals surface area contributed by atoms with Crippen molar-refractivity contribution in [3.63, 3.8) is 0 Å². The molecule has 0 aromatic carbocycles. The van der Waals surface area contributed by atoms with Crippen molar-refractivity contribution in [3.05, 3.63) is 0 Å². The summed E-state index contributed by atoms with van der Waals surface area (Å²) in [5.41, 5.74) is -1.48. The zero-order valence-electron chi connectivity index (χ0n) is 6.53. The molecule has 1 unspecified atom stereocenters. The highest BCUT2D eigenvalue weighted by Crippen LogP contribution is 2.19. The first-order valence-electron chi connectivity index (χ1n) is 3.69. The first-order chi connectivity index (χ1) is 5.57. The normalized spacial score (nSPS) is 29.5. The van der Waals surface area contributed by atoms with Crippen molar-refractivity contribution in [2.45, 2.75) is 18.4 Å². The number of nitrogens with zero attached hydrogens (tertiary/aromatic N) is 2. The highest BCUT2D eigenvalue weighted by molar-refractivity contribution is 5.65. The van der Waals surface area contributed by atoms with Gasteiger partial charge in [-0.15, -0.1) is 0 Å². The lowest BCUT2D eigenvalue weighted by atomic mass is 9.95. The van der Waals surface area contributed by atoms with E-state index in [0.717, 1.165) is 4.90 Å². The Labute approximate surface area is 69.8 Å². The van der Waals surface area contributed by atoms with Gasteiger partial charge in [-0.3, -0.25) is 0 Å². The van der Waals surface area contributed by atoms with Gasteiger partial charge < -0.3 is 15.1 Å². The lowest BCUT2D eigenvalue weighted by Gasteiger charge is -2.32. The fraction of sp³-hybridized carbons (Fsp3) is 0.714. The van der Waals surface area contributed by atoms with Crippen molar-refractivity contribution < 1.29 is 15.0 Å². The molecule has 1 saturated heterocycles. The molecular weight excluding hydrogens is 160 g/mol. The largest absolute Gasteiger partial charge is 0.465 e. The fourth-order valence-electron chi connectivity index (χ4n) is 1.29. The number of hydrogen-bond acceptors (Lipinski definition) is 3. The summed E-state index contributed by atoms with van der Waals surface area (Å²) >= 11 is 0. The van der Waals surface area contributed by atoms with E-state index in [-0.39, 0.29) is 6.54 Å². The Bertz CT molecular complexity index is 235. The highest BCUT2D eigenvalue weighted by Gasteiger charge is 2.35. The third-order valence-corrected chi connectivity index (χ3v) is 1.95. The van der Waals surface area contributed by atoms with Gasteiger partial charge in [0.2, 0.25) is 0 Å². The van der Waals surface area contributed by atoms with Crippen molar-refractivity contribution in [2.75, 3.05) is 13.1 Å². The van der Waals surface area contributed by atoms with E-state index in [1.165, 1.54) is 0 Å². The number of likely N-dealkylation sites (tertiary alicyclic amines) is 1. The van der Waals surface area contributed by atoms with E-state index in [1.807, 2.05) is 0 Å². The zero-order valence-corrected chi connectivity index (χ0v) is 6.53. The minimum absolute atomic E-state index is 0.0984. The van der Waals surface area contributed by atoms with E-state index in [0.29, 0.717) is 19.4 Å². The van der Waals surface area contributed by atoms with Crippen LogP contribution < -0.4 is 0 Å². The molecule has 2 N–H and O–H groups in total. The van der Waals surface area contributed by atoms with Gasteiger partial charge in [0.15, 0.2) is 5.60 Å². The summed E-state index contributed by atoms with van der Waals surface area (Å²) in [4.78, 5) is 11.5. The van der Waals surface area contributed by atoms with Crippen LogP contribution in [0.2, 0.25) is 0 Å². The Morgan fingerprint density at radius 2 is 2.33 bits per heavy atom. The van der Waals surface area contributed by atoms with E-state index in [9.17, 15) is 9.90 Å². The minimum atomic E-state index is -1.48. The number of hydrogen-bond donors (Lipinski definition) is 2. The minimum Gasteiger partial charge on any atom is -0.465 e. The lowest BCUT2D eigenvalue weighted by molar-refractivity contribution is 0.0179. The number of amides is 1. The van der Waals surface area contributed by atoms with Crippen molar-refractivity contribution in [1.82, 2.24) is 4.90 Å². The Morgan fingerprint density at radius 3 is 2.83 bits per heavy atom. The zero-order chi connectivity index (χ0) is 9.19. The van der Waals surface area contributed by atoms with Crippen LogP contribution >= 0.6 is 0 Å².